The van der Waals surface area contributed by atoms with Crippen molar-refractivity contribution in [2.75, 3.05) is 25.3 Å². The van der Waals surface area contributed by atoms with Crippen LogP contribution in [0.3, 0.4) is 0 Å². The highest BCUT2D eigenvalue weighted by molar-refractivity contribution is 7.99. The van der Waals surface area contributed by atoms with Crippen LogP contribution in [-0.2, 0) is 4.79 Å². The average molecular weight is 446 g/mol. The summed E-state index contributed by atoms with van der Waals surface area (Å²) in [6.45, 7) is 2.06. The second kappa shape index (κ2) is 9.70. The Kier molecular flexibility index (Phi) is 6.56. The smallest absolute Gasteiger partial charge is 0.234 e. The van der Waals surface area contributed by atoms with Crippen LogP contribution in [0, 0.1) is 6.92 Å². The van der Waals surface area contributed by atoms with Crippen molar-refractivity contribution in [1.29, 1.82) is 0 Å². The van der Waals surface area contributed by atoms with Gasteiger partial charge in [0.1, 0.15) is 11.5 Å². The van der Waals surface area contributed by atoms with Gasteiger partial charge in [-0.2, -0.15) is 0 Å². The highest BCUT2D eigenvalue weighted by Gasteiger charge is 2.13. The van der Waals surface area contributed by atoms with Crippen molar-refractivity contribution in [1.82, 2.24) is 9.97 Å². The maximum atomic E-state index is 12.6. The molecule has 4 rings (SSSR count). The molecule has 0 saturated heterocycles. The van der Waals surface area contributed by atoms with Crippen molar-refractivity contribution in [2.24, 2.45) is 0 Å². The second-order valence-corrected chi connectivity index (χ2v) is 8.08. The zero-order valence-corrected chi connectivity index (χ0v) is 18.9. The molecular weight excluding hydrogens is 422 g/mol. The molecule has 162 valence electrons. The molecule has 7 heteroatoms. The van der Waals surface area contributed by atoms with Crippen LogP contribution in [-0.4, -0.2) is 35.8 Å². The fourth-order valence-electron chi connectivity index (χ4n) is 3.27. The van der Waals surface area contributed by atoms with Crippen molar-refractivity contribution in [3.63, 3.8) is 0 Å². The highest BCUT2D eigenvalue weighted by atomic mass is 32.2. The van der Waals surface area contributed by atoms with Gasteiger partial charge in [-0.05, 0) is 25.1 Å². The van der Waals surface area contributed by atoms with Crippen LogP contribution in [0.25, 0.3) is 22.2 Å². The first-order chi connectivity index (χ1) is 15.6. The zero-order valence-electron chi connectivity index (χ0n) is 18.1. The van der Waals surface area contributed by atoms with E-state index in [1.807, 2.05) is 24.3 Å². The molecule has 4 aromatic rings. The molecule has 6 nitrogen and oxygen atoms in total. The molecular formula is C25H23N3O3S. The van der Waals surface area contributed by atoms with E-state index >= 15 is 0 Å². The summed E-state index contributed by atoms with van der Waals surface area (Å²) in [4.78, 5) is 22.0. The molecule has 0 radical (unpaired) electrons. The molecule has 0 aliphatic rings. The molecule has 0 unspecified atom stereocenters. The Morgan fingerprint density at radius 2 is 1.75 bits per heavy atom. The van der Waals surface area contributed by atoms with Crippen LogP contribution in [0.4, 0.5) is 5.69 Å². The van der Waals surface area contributed by atoms with E-state index in [2.05, 4.69) is 41.5 Å². The van der Waals surface area contributed by atoms with Gasteiger partial charge in [0.05, 0.1) is 36.9 Å². The molecule has 0 atom stereocenters. The number of amides is 1. The maximum absolute atomic E-state index is 12.6. The number of carbonyl (C=O) groups is 1. The minimum atomic E-state index is -0.174. The number of anilines is 1. The molecule has 0 aliphatic carbocycles. The lowest BCUT2D eigenvalue weighted by atomic mass is 10.1. The van der Waals surface area contributed by atoms with Crippen molar-refractivity contribution >= 4 is 34.3 Å². The Bertz CT molecular complexity index is 1260. The number of fused-ring (bicyclic) bond motifs is 1. The summed E-state index contributed by atoms with van der Waals surface area (Å²) >= 11 is 1.30. The minimum absolute atomic E-state index is 0.168. The largest absolute Gasteiger partial charge is 0.497 e. The Morgan fingerprint density at radius 3 is 2.50 bits per heavy atom. The molecule has 0 spiro atoms. The van der Waals surface area contributed by atoms with Crippen molar-refractivity contribution in [3.05, 3.63) is 72.3 Å². The van der Waals surface area contributed by atoms with E-state index in [-0.39, 0.29) is 11.7 Å². The van der Waals surface area contributed by atoms with Crippen molar-refractivity contribution in [2.45, 2.75) is 12.1 Å². The number of hydrogen-bond acceptors (Lipinski definition) is 6. The lowest BCUT2D eigenvalue weighted by molar-refractivity contribution is -0.113. The van der Waals surface area contributed by atoms with Gasteiger partial charge in [-0.25, -0.2) is 9.97 Å². The van der Waals surface area contributed by atoms with Gasteiger partial charge in [-0.3, -0.25) is 4.79 Å². The third-order valence-electron chi connectivity index (χ3n) is 4.92. The summed E-state index contributed by atoms with van der Waals surface area (Å²) in [7, 11) is 3.13. The molecule has 0 fully saturated rings. The topological polar surface area (TPSA) is 73.3 Å². The molecule has 1 amide bonds. The van der Waals surface area contributed by atoms with Gasteiger partial charge in [0.15, 0.2) is 5.16 Å². The number of nitrogens with zero attached hydrogens (tertiary/aromatic N) is 2. The first-order valence-corrected chi connectivity index (χ1v) is 11.0. The van der Waals surface area contributed by atoms with E-state index in [0.29, 0.717) is 22.3 Å². The number of aromatic nitrogens is 2. The number of para-hydroxylation sites is 1. The van der Waals surface area contributed by atoms with E-state index in [9.17, 15) is 4.79 Å². The van der Waals surface area contributed by atoms with Crippen LogP contribution in [0.1, 0.15) is 5.56 Å². The van der Waals surface area contributed by atoms with E-state index in [0.717, 1.165) is 22.2 Å². The maximum Gasteiger partial charge on any atom is 0.234 e. The van der Waals surface area contributed by atoms with Crippen LogP contribution in [0.15, 0.2) is 71.9 Å². The minimum Gasteiger partial charge on any atom is -0.497 e. The summed E-state index contributed by atoms with van der Waals surface area (Å²) in [6, 6.07) is 21.4. The molecule has 1 aromatic heterocycles. The van der Waals surface area contributed by atoms with E-state index in [1.165, 1.54) is 17.3 Å². The quantitative estimate of drug-likeness (QED) is 0.305. The number of methoxy groups -OCH3 is 2. The van der Waals surface area contributed by atoms with Crippen LogP contribution in [0.2, 0.25) is 0 Å². The van der Waals surface area contributed by atoms with Crippen LogP contribution >= 0.6 is 11.8 Å². The van der Waals surface area contributed by atoms with Gasteiger partial charge in [-0.15, -0.1) is 0 Å². The number of ether oxygens (including phenoxy) is 2. The van der Waals surface area contributed by atoms with Gasteiger partial charge in [0.2, 0.25) is 5.91 Å². The molecule has 1 heterocycles. The summed E-state index contributed by atoms with van der Waals surface area (Å²) in [5.41, 5.74) is 4.49. The molecule has 32 heavy (non-hydrogen) atoms. The molecule has 0 bridgehead atoms. The lowest BCUT2D eigenvalue weighted by Crippen LogP contribution is -2.15. The number of thioether (sulfide) groups is 1. The second-order valence-electron chi connectivity index (χ2n) is 7.14. The third-order valence-corrected chi connectivity index (χ3v) is 5.77. The average Bonchev–Trinajstić information content (AvgIpc) is 2.83. The number of hydrogen-bond donors (Lipinski definition) is 1. The Morgan fingerprint density at radius 1 is 0.969 bits per heavy atom. The first-order valence-electron chi connectivity index (χ1n) is 10.1. The van der Waals surface area contributed by atoms with E-state index < -0.39 is 0 Å². The predicted molar refractivity (Wildman–Crippen MR) is 129 cm³/mol. The fraction of sp³-hybridized carbons (Fsp3) is 0.160. The number of nitrogens with one attached hydrogen (secondary N) is 1. The molecule has 3 aromatic carbocycles. The first kappa shape index (κ1) is 21.6. The monoisotopic (exact) mass is 445 g/mol. The predicted octanol–water partition coefficient (Wildman–Crippen LogP) is 5.35. The number of rotatable bonds is 7. The molecule has 1 N–H and O–H groups in total. The van der Waals surface area contributed by atoms with E-state index in [4.69, 9.17) is 14.5 Å². The number of benzene rings is 3. The molecule has 0 saturated carbocycles. The van der Waals surface area contributed by atoms with Gasteiger partial charge >= 0.3 is 0 Å². The Hall–Kier alpha value is -3.58. The van der Waals surface area contributed by atoms with Crippen LogP contribution in [0.5, 0.6) is 11.5 Å². The van der Waals surface area contributed by atoms with E-state index in [1.54, 1.807) is 32.4 Å². The Labute approximate surface area is 191 Å². The number of aryl methyl sites for hydroxylation is 1. The van der Waals surface area contributed by atoms with Crippen molar-refractivity contribution < 1.29 is 14.3 Å². The van der Waals surface area contributed by atoms with Gasteiger partial charge in [0.25, 0.3) is 0 Å². The van der Waals surface area contributed by atoms with Gasteiger partial charge in [0, 0.05) is 17.0 Å². The number of carbonyl (C=O) groups excluding carboxylic acids is 1. The van der Waals surface area contributed by atoms with Crippen molar-refractivity contribution in [3.8, 4) is 22.8 Å². The Balaban J connectivity index is 1.55. The fourth-order valence-corrected chi connectivity index (χ4v) is 3.92. The summed E-state index contributed by atoms with van der Waals surface area (Å²) in [6.07, 6.45) is 0. The van der Waals surface area contributed by atoms with Gasteiger partial charge < -0.3 is 14.8 Å². The van der Waals surface area contributed by atoms with Crippen LogP contribution < -0.4 is 14.8 Å². The summed E-state index contributed by atoms with van der Waals surface area (Å²) in [5, 5.41) is 4.41. The molecule has 0 aliphatic heterocycles. The lowest BCUT2D eigenvalue weighted by Gasteiger charge is -2.12. The normalized spacial score (nSPS) is 10.7. The summed E-state index contributed by atoms with van der Waals surface area (Å²) in [5.74, 6) is 1.18. The highest BCUT2D eigenvalue weighted by Crippen LogP contribution is 2.31. The SMILES string of the molecule is COc1ccc(NC(=O)CSc2nc(-c3ccc(C)cc3)c3ccccc3n2)c(OC)c1. The van der Waals surface area contributed by atoms with Gasteiger partial charge in [-0.1, -0.05) is 59.8 Å². The summed E-state index contributed by atoms with van der Waals surface area (Å²) < 4.78 is 10.5. The zero-order chi connectivity index (χ0) is 22.5. The standard InChI is InChI=1S/C25H23N3O3S/c1-16-8-10-17(11-9-16)24-19-6-4-5-7-20(19)27-25(28-24)32-15-23(29)26-21-13-12-18(30-2)14-22(21)31-3/h4-14H,15H2,1-3H3,(H,26,29). The third kappa shape index (κ3) is 4.84.